The van der Waals surface area contributed by atoms with Crippen LogP contribution in [0.1, 0.15) is 31.0 Å². The molecule has 1 aromatic rings. The van der Waals surface area contributed by atoms with Crippen LogP contribution in [0.15, 0.2) is 5.38 Å². The van der Waals surface area contributed by atoms with Crippen LogP contribution in [-0.2, 0) is 6.54 Å². The van der Waals surface area contributed by atoms with Crippen molar-refractivity contribution in [3.05, 3.63) is 16.1 Å². The van der Waals surface area contributed by atoms with Gasteiger partial charge in [-0.2, -0.15) is 0 Å². The molecular formula is C10H17BrN2S. The molecule has 80 valence electrons. The Morgan fingerprint density at radius 2 is 2.29 bits per heavy atom. The van der Waals surface area contributed by atoms with Crippen LogP contribution >= 0.6 is 27.3 Å². The van der Waals surface area contributed by atoms with Gasteiger partial charge in [0.2, 0.25) is 0 Å². The first-order valence-corrected chi connectivity index (χ1v) is 6.75. The van der Waals surface area contributed by atoms with Gasteiger partial charge in [0.05, 0.1) is 10.7 Å². The molecule has 0 bridgehead atoms. The van der Waals surface area contributed by atoms with Crippen LogP contribution in [0.4, 0.5) is 0 Å². The average molecular weight is 277 g/mol. The molecule has 1 heterocycles. The largest absolute Gasteiger partial charge is 0.306 e. The fourth-order valence-corrected chi connectivity index (χ4v) is 2.75. The minimum atomic E-state index is 0.182. The first-order valence-electron chi connectivity index (χ1n) is 4.75. The Morgan fingerprint density at radius 1 is 1.57 bits per heavy atom. The minimum absolute atomic E-state index is 0.182. The highest BCUT2D eigenvalue weighted by Crippen LogP contribution is 2.13. The number of alkyl halides is 1. The van der Waals surface area contributed by atoms with Crippen molar-refractivity contribution in [3.63, 3.8) is 0 Å². The van der Waals surface area contributed by atoms with Crippen molar-refractivity contribution in [1.29, 1.82) is 0 Å². The van der Waals surface area contributed by atoms with E-state index in [4.69, 9.17) is 0 Å². The lowest BCUT2D eigenvalue weighted by atomic mass is 10.0. The molecule has 0 unspecified atom stereocenters. The Balaban J connectivity index is 2.40. The first-order chi connectivity index (χ1) is 6.53. The molecule has 0 saturated heterocycles. The van der Waals surface area contributed by atoms with E-state index < -0.39 is 0 Å². The zero-order valence-corrected chi connectivity index (χ0v) is 11.3. The molecule has 1 N–H and O–H groups in total. The third-order valence-corrected chi connectivity index (χ3v) is 3.35. The maximum Gasteiger partial charge on any atom is 0.0897 e. The molecule has 4 heteroatoms. The highest BCUT2D eigenvalue weighted by atomic mass is 79.9. The SMILES string of the molecule is Cc1nc(CNC(C)(C)CCBr)cs1. The second kappa shape index (κ2) is 5.24. The van der Waals surface area contributed by atoms with Crippen molar-refractivity contribution in [1.82, 2.24) is 10.3 Å². The summed E-state index contributed by atoms with van der Waals surface area (Å²) >= 11 is 5.17. The zero-order valence-electron chi connectivity index (χ0n) is 8.93. The van der Waals surface area contributed by atoms with Gasteiger partial charge in [0.15, 0.2) is 0 Å². The fourth-order valence-electron chi connectivity index (χ4n) is 1.14. The molecule has 1 aromatic heterocycles. The van der Waals surface area contributed by atoms with Crippen molar-refractivity contribution in [2.75, 3.05) is 5.33 Å². The molecule has 0 aliphatic heterocycles. The van der Waals surface area contributed by atoms with Crippen LogP contribution in [0.3, 0.4) is 0 Å². The quantitative estimate of drug-likeness (QED) is 0.836. The summed E-state index contributed by atoms with van der Waals surface area (Å²) in [4.78, 5) is 4.42. The summed E-state index contributed by atoms with van der Waals surface area (Å²) < 4.78 is 0. The molecule has 2 nitrogen and oxygen atoms in total. The number of hydrogen-bond acceptors (Lipinski definition) is 3. The van der Waals surface area contributed by atoms with Gasteiger partial charge in [0, 0.05) is 22.8 Å². The van der Waals surface area contributed by atoms with Crippen molar-refractivity contribution < 1.29 is 0 Å². The highest BCUT2D eigenvalue weighted by Gasteiger charge is 2.15. The van der Waals surface area contributed by atoms with Gasteiger partial charge in [-0.3, -0.25) is 0 Å². The van der Waals surface area contributed by atoms with Gasteiger partial charge in [0.25, 0.3) is 0 Å². The third kappa shape index (κ3) is 4.07. The van der Waals surface area contributed by atoms with E-state index in [2.05, 4.69) is 45.5 Å². The van der Waals surface area contributed by atoms with Crippen molar-refractivity contribution in [2.45, 2.75) is 39.3 Å². The molecule has 0 saturated carbocycles. The summed E-state index contributed by atoms with van der Waals surface area (Å²) in [5.41, 5.74) is 1.33. The summed E-state index contributed by atoms with van der Waals surface area (Å²) in [6, 6.07) is 0. The fraction of sp³-hybridized carbons (Fsp3) is 0.700. The molecule has 0 fully saturated rings. The van der Waals surface area contributed by atoms with E-state index in [1.54, 1.807) is 11.3 Å². The molecule has 0 aliphatic rings. The molecule has 14 heavy (non-hydrogen) atoms. The predicted octanol–water partition coefficient (Wildman–Crippen LogP) is 3.10. The lowest BCUT2D eigenvalue weighted by molar-refractivity contribution is 0.376. The van der Waals surface area contributed by atoms with Crippen molar-refractivity contribution >= 4 is 27.3 Å². The van der Waals surface area contributed by atoms with Gasteiger partial charge in [-0.15, -0.1) is 11.3 Å². The van der Waals surface area contributed by atoms with Gasteiger partial charge >= 0.3 is 0 Å². The zero-order chi connectivity index (χ0) is 10.6. The number of aryl methyl sites for hydroxylation is 1. The minimum Gasteiger partial charge on any atom is -0.306 e. The van der Waals surface area contributed by atoms with E-state index in [1.165, 1.54) is 0 Å². The number of aromatic nitrogens is 1. The van der Waals surface area contributed by atoms with Gasteiger partial charge in [-0.05, 0) is 27.2 Å². The summed E-state index contributed by atoms with van der Waals surface area (Å²) in [5, 5.41) is 7.79. The monoisotopic (exact) mass is 276 g/mol. The number of rotatable bonds is 5. The molecular weight excluding hydrogens is 260 g/mol. The maximum atomic E-state index is 4.42. The molecule has 0 aromatic carbocycles. The Bertz CT molecular complexity index is 283. The molecule has 0 spiro atoms. The Morgan fingerprint density at radius 3 is 2.79 bits per heavy atom. The van der Waals surface area contributed by atoms with Crippen LogP contribution in [0.2, 0.25) is 0 Å². The Labute approximate surface area is 98.3 Å². The second-order valence-electron chi connectivity index (χ2n) is 4.03. The van der Waals surface area contributed by atoms with E-state index in [0.717, 1.165) is 29.0 Å². The number of nitrogens with one attached hydrogen (secondary N) is 1. The molecule has 0 radical (unpaired) electrons. The summed E-state index contributed by atoms with van der Waals surface area (Å²) in [6.07, 6.45) is 1.12. The van der Waals surface area contributed by atoms with E-state index in [-0.39, 0.29) is 5.54 Å². The summed E-state index contributed by atoms with van der Waals surface area (Å²) in [7, 11) is 0. The lowest BCUT2D eigenvalue weighted by Crippen LogP contribution is -2.39. The normalized spacial score (nSPS) is 12.0. The van der Waals surface area contributed by atoms with Crippen LogP contribution in [0.5, 0.6) is 0 Å². The van der Waals surface area contributed by atoms with Crippen LogP contribution in [0.25, 0.3) is 0 Å². The second-order valence-corrected chi connectivity index (χ2v) is 5.89. The van der Waals surface area contributed by atoms with Crippen LogP contribution in [0, 0.1) is 6.92 Å². The van der Waals surface area contributed by atoms with E-state index >= 15 is 0 Å². The maximum absolute atomic E-state index is 4.42. The van der Waals surface area contributed by atoms with Gasteiger partial charge in [0.1, 0.15) is 0 Å². The third-order valence-electron chi connectivity index (χ3n) is 2.13. The molecule has 1 rings (SSSR count). The molecule has 0 atom stereocenters. The van der Waals surface area contributed by atoms with Gasteiger partial charge in [-0.25, -0.2) is 4.98 Å². The van der Waals surface area contributed by atoms with Crippen LogP contribution < -0.4 is 5.32 Å². The van der Waals surface area contributed by atoms with E-state index in [0.29, 0.717) is 0 Å². The van der Waals surface area contributed by atoms with E-state index in [9.17, 15) is 0 Å². The predicted molar refractivity (Wildman–Crippen MR) is 66.2 cm³/mol. The molecule has 0 amide bonds. The van der Waals surface area contributed by atoms with Gasteiger partial charge in [-0.1, -0.05) is 15.9 Å². The summed E-state index contributed by atoms with van der Waals surface area (Å²) in [6.45, 7) is 7.34. The Kier molecular flexibility index (Phi) is 4.54. The lowest BCUT2D eigenvalue weighted by Gasteiger charge is -2.24. The molecule has 0 aliphatic carbocycles. The Hall–Kier alpha value is 0.0700. The number of hydrogen-bond donors (Lipinski definition) is 1. The van der Waals surface area contributed by atoms with Gasteiger partial charge < -0.3 is 5.32 Å². The van der Waals surface area contributed by atoms with Crippen molar-refractivity contribution in [2.24, 2.45) is 0 Å². The smallest absolute Gasteiger partial charge is 0.0897 e. The van der Waals surface area contributed by atoms with E-state index in [1.807, 2.05) is 6.92 Å². The summed E-state index contributed by atoms with van der Waals surface area (Å²) in [5.74, 6) is 0. The number of halogens is 1. The standard InChI is InChI=1S/C10H17BrN2S/c1-8-13-9(7-14-8)6-12-10(2,3)4-5-11/h7,12H,4-6H2,1-3H3. The highest BCUT2D eigenvalue weighted by molar-refractivity contribution is 9.09. The number of nitrogens with zero attached hydrogens (tertiary/aromatic N) is 1. The first kappa shape index (κ1) is 12.1. The average Bonchev–Trinajstić information content (AvgIpc) is 2.48. The van der Waals surface area contributed by atoms with Crippen LogP contribution in [-0.4, -0.2) is 15.9 Å². The topological polar surface area (TPSA) is 24.9 Å². The number of thiazole rings is 1. The van der Waals surface area contributed by atoms with Crippen molar-refractivity contribution in [3.8, 4) is 0 Å².